The van der Waals surface area contributed by atoms with Crippen LogP contribution in [0, 0.1) is 31.6 Å². The zero-order valence-corrected chi connectivity index (χ0v) is 14.0. The van der Waals surface area contributed by atoms with Crippen molar-refractivity contribution in [3.8, 4) is 5.75 Å². The second kappa shape index (κ2) is 7.26. The van der Waals surface area contributed by atoms with Crippen molar-refractivity contribution in [3.63, 3.8) is 0 Å². The van der Waals surface area contributed by atoms with E-state index in [1.807, 2.05) is 6.20 Å². The van der Waals surface area contributed by atoms with Crippen molar-refractivity contribution >= 4 is 0 Å². The van der Waals surface area contributed by atoms with E-state index in [4.69, 9.17) is 10.5 Å². The second-order valence-electron chi connectivity index (χ2n) is 6.59. The Labute approximate surface area is 129 Å². The molecule has 3 heteroatoms. The Morgan fingerprint density at radius 2 is 2.05 bits per heavy atom. The van der Waals surface area contributed by atoms with Crippen LogP contribution < -0.4 is 10.5 Å². The standard InChI is InChI=1S/C18H30N2O/c1-5-14-6-7-15(10-19)16(8-14)9-17-13(3)18(21-4)12(2)11-20-17/h11,14-16H,5-10,19H2,1-4H3. The van der Waals surface area contributed by atoms with E-state index in [0.29, 0.717) is 11.8 Å². The Balaban J connectivity index is 2.19. The molecular weight excluding hydrogens is 260 g/mol. The van der Waals surface area contributed by atoms with Crippen LogP contribution in [0.3, 0.4) is 0 Å². The fourth-order valence-corrected chi connectivity index (χ4v) is 3.88. The highest BCUT2D eigenvalue weighted by molar-refractivity contribution is 5.41. The zero-order valence-electron chi connectivity index (χ0n) is 14.0. The molecule has 0 radical (unpaired) electrons. The maximum Gasteiger partial charge on any atom is 0.128 e. The van der Waals surface area contributed by atoms with Gasteiger partial charge >= 0.3 is 0 Å². The number of aryl methyl sites for hydroxylation is 1. The van der Waals surface area contributed by atoms with Gasteiger partial charge in [-0.05, 0) is 57.4 Å². The van der Waals surface area contributed by atoms with E-state index >= 15 is 0 Å². The molecule has 2 N–H and O–H groups in total. The summed E-state index contributed by atoms with van der Waals surface area (Å²) in [6, 6.07) is 0. The first-order chi connectivity index (χ1) is 10.1. The number of nitrogens with two attached hydrogens (primary N) is 1. The Morgan fingerprint density at radius 1 is 1.29 bits per heavy atom. The first-order valence-electron chi connectivity index (χ1n) is 8.29. The number of pyridine rings is 1. The lowest BCUT2D eigenvalue weighted by atomic mass is 9.71. The first kappa shape index (κ1) is 16.3. The molecular formula is C18H30N2O. The maximum atomic E-state index is 6.01. The van der Waals surface area contributed by atoms with Crippen LogP contribution in [0.15, 0.2) is 6.20 Å². The van der Waals surface area contributed by atoms with E-state index in [0.717, 1.165) is 30.2 Å². The molecule has 2 rings (SSSR count). The van der Waals surface area contributed by atoms with Gasteiger partial charge in [-0.25, -0.2) is 0 Å². The Morgan fingerprint density at radius 3 is 2.67 bits per heavy atom. The third-order valence-corrected chi connectivity index (χ3v) is 5.33. The van der Waals surface area contributed by atoms with Crippen molar-refractivity contribution < 1.29 is 4.74 Å². The molecule has 3 unspecified atom stereocenters. The van der Waals surface area contributed by atoms with Gasteiger partial charge in [-0.1, -0.05) is 19.8 Å². The average Bonchev–Trinajstić information content (AvgIpc) is 2.50. The lowest BCUT2D eigenvalue weighted by molar-refractivity contribution is 0.178. The van der Waals surface area contributed by atoms with Crippen LogP contribution in [0.25, 0.3) is 0 Å². The number of aromatic nitrogens is 1. The minimum atomic E-state index is 0.654. The molecule has 21 heavy (non-hydrogen) atoms. The molecule has 1 aromatic heterocycles. The number of ether oxygens (including phenoxy) is 1. The normalized spacial score (nSPS) is 25.9. The van der Waals surface area contributed by atoms with Gasteiger partial charge in [0.05, 0.1) is 7.11 Å². The molecule has 0 spiro atoms. The lowest BCUT2D eigenvalue weighted by Crippen LogP contribution is -2.32. The van der Waals surface area contributed by atoms with E-state index in [1.165, 1.54) is 36.9 Å². The van der Waals surface area contributed by atoms with E-state index < -0.39 is 0 Å². The average molecular weight is 290 g/mol. The monoisotopic (exact) mass is 290 g/mol. The van der Waals surface area contributed by atoms with Gasteiger partial charge in [0.25, 0.3) is 0 Å². The smallest absolute Gasteiger partial charge is 0.128 e. The summed E-state index contributed by atoms with van der Waals surface area (Å²) in [4.78, 5) is 4.68. The fourth-order valence-electron chi connectivity index (χ4n) is 3.88. The van der Waals surface area contributed by atoms with E-state index in [1.54, 1.807) is 7.11 Å². The van der Waals surface area contributed by atoms with Gasteiger partial charge < -0.3 is 10.5 Å². The van der Waals surface area contributed by atoms with Crippen LogP contribution in [0.2, 0.25) is 0 Å². The number of rotatable bonds is 5. The molecule has 1 aliphatic carbocycles. The molecule has 1 aliphatic rings. The van der Waals surface area contributed by atoms with Crippen LogP contribution in [0.5, 0.6) is 5.75 Å². The van der Waals surface area contributed by atoms with Crippen LogP contribution in [0.1, 0.15) is 49.4 Å². The molecule has 118 valence electrons. The SMILES string of the molecule is CCC1CCC(CN)C(Cc2ncc(C)c(OC)c2C)C1. The third kappa shape index (κ3) is 3.57. The van der Waals surface area contributed by atoms with Gasteiger partial charge in [-0.15, -0.1) is 0 Å². The summed E-state index contributed by atoms with van der Waals surface area (Å²) in [6.45, 7) is 7.30. The highest BCUT2D eigenvalue weighted by atomic mass is 16.5. The molecule has 1 fully saturated rings. The first-order valence-corrected chi connectivity index (χ1v) is 8.29. The highest BCUT2D eigenvalue weighted by Crippen LogP contribution is 2.37. The summed E-state index contributed by atoms with van der Waals surface area (Å²) >= 11 is 0. The van der Waals surface area contributed by atoms with Gasteiger partial charge in [0.15, 0.2) is 0 Å². The van der Waals surface area contributed by atoms with Crippen LogP contribution in [-0.4, -0.2) is 18.6 Å². The lowest BCUT2D eigenvalue weighted by Gasteiger charge is -2.35. The molecule has 3 nitrogen and oxygen atoms in total. The molecule has 0 aliphatic heterocycles. The van der Waals surface area contributed by atoms with Crippen LogP contribution in [-0.2, 0) is 6.42 Å². The van der Waals surface area contributed by atoms with Gasteiger partial charge in [-0.2, -0.15) is 0 Å². The van der Waals surface area contributed by atoms with Crippen molar-refractivity contribution in [3.05, 3.63) is 23.0 Å². The fraction of sp³-hybridized carbons (Fsp3) is 0.722. The largest absolute Gasteiger partial charge is 0.496 e. The molecule has 0 bridgehead atoms. The van der Waals surface area contributed by atoms with Crippen molar-refractivity contribution in [2.75, 3.05) is 13.7 Å². The van der Waals surface area contributed by atoms with Crippen molar-refractivity contribution in [1.82, 2.24) is 4.98 Å². The summed E-state index contributed by atoms with van der Waals surface area (Å²) in [5.74, 6) is 3.19. The molecule has 3 atom stereocenters. The Bertz CT molecular complexity index is 473. The molecule has 0 saturated heterocycles. The summed E-state index contributed by atoms with van der Waals surface area (Å²) in [5.41, 5.74) is 9.52. The number of hydrogen-bond acceptors (Lipinski definition) is 3. The Hall–Kier alpha value is -1.09. The predicted molar refractivity (Wildman–Crippen MR) is 87.6 cm³/mol. The molecule has 1 aromatic rings. The zero-order chi connectivity index (χ0) is 15.4. The maximum absolute atomic E-state index is 6.01. The minimum Gasteiger partial charge on any atom is -0.496 e. The molecule has 1 heterocycles. The molecule has 0 aromatic carbocycles. The summed E-state index contributed by atoms with van der Waals surface area (Å²) in [6.07, 6.45) is 8.20. The third-order valence-electron chi connectivity index (χ3n) is 5.33. The summed E-state index contributed by atoms with van der Waals surface area (Å²) < 4.78 is 5.54. The summed E-state index contributed by atoms with van der Waals surface area (Å²) in [5, 5.41) is 0. The van der Waals surface area contributed by atoms with E-state index in [2.05, 4.69) is 25.8 Å². The second-order valence-corrected chi connectivity index (χ2v) is 6.59. The van der Waals surface area contributed by atoms with Gasteiger partial charge in [0.1, 0.15) is 5.75 Å². The number of hydrogen-bond donors (Lipinski definition) is 1. The minimum absolute atomic E-state index is 0.654. The van der Waals surface area contributed by atoms with Crippen LogP contribution >= 0.6 is 0 Å². The molecule has 0 amide bonds. The number of nitrogens with zero attached hydrogens (tertiary/aromatic N) is 1. The van der Waals surface area contributed by atoms with Crippen LogP contribution in [0.4, 0.5) is 0 Å². The van der Waals surface area contributed by atoms with E-state index in [-0.39, 0.29) is 0 Å². The quantitative estimate of drug-likeness (QED) is 0.900. The Kier molecular flexibility index (Phi) is 5.63. The highest BCUT2D eigenvalue weighted by Gasteiger charge is 2.29. The summed E-state index contributed by atoms with van der Waals surface area (Å²) in [7, 11) is 1.75. The molecule has 1 saturated carbocycles. The van der Waals surface area contributed by atoms with Crippen molar-refractivity contribution in [1.29, 1.82) is 0 Å². The predicted octanol–water partition coefficient (Wildman–Crippen LogP) is 3.65. The van der Waals surface area contributed by atoms with Crippen molar-refractivity contribution in [2.45, 2.75) is 52.9 Å². The van der Waals surface area contributed by atoms with Gasteiger partial charge in [0, 0.05) is 23.0 Å². The number of methoxy groups -OCH3 is 1. The van der Waals surface area contributed by atoms with E-state index in [9.17, 15) is 0 Å². The topological polar surface area (TPSA) is 48.1 Å². The van der Waals surface area contributed by atoms with Crippen molar-refractivity contribution in [2.24, 2.45) is 23.5 Å². The van der Waals surface area contributed by atoms with Gasteiger partial charge in [0.2, 0.25) is 0 Å². The van der Waals surface area contributed by atoms with Gasteiger partial charge in [-0.3, -0.25) is 4.98 Å².